The van der Waals surface area contributed by atoms with Crippen LogP contribution in [0.15, 0.2) is 53.7 Å². The van der Waals surface area contributed by atoms with Crippen LogP contribution >= 0.6 is 0 Å². The number of aromatic nitrogens is 2. The summed E-state index contributed by atoms with van der Waals surface area (Å²) in [5, 5.41) is 2.64. The Morgan fingerprint density at radius 1 is 1.13 bits per heavy atom. The summed E-state index contributed by atoms with van der Waals surface area (Å²) in [7, 11) is -2.44. The largest absolute Gasteiger partial charge is 0.351 e. The zero-order valence-electron chi connectivity index (χ0n) is 17.9. The fourth-order valence-electron chi connectivity index (χ4n) is 3.09. The second-order valence-corrected chi connectivity index (χ2v) is 9.46. The molecule has 1 amide bonds. The van der Waals surface area contributed by atoms with E-state index >= 15 is 0 Å². The van der Waals surface area contributed by atoms with Crippen LogP contribution in [0.4, 0.5) is 4.39 Å². The van der Waals surface area contributed by atoms with Gasteiger partial charge in [-0.25, -0.2) is 17.8 Å². The van der Waals surface area contributed by atoms with Gasteiger partial charge in [0.1, 0.15) is 11.6 Å². The molecule has 0 atom stereocenters. The number of amides is 1. The molecule has 1 heterocycles. The second-order valence-electron chi connectivity index (χ2n) is 7.41. The van der Waals surface area contributed by atoms with Crippen molar-refractivity contribution in [1.29, 1.82) is 0 Å². The first-order valence-electron chi connectivity index (χ1n) is 9.68. The number of aryl methyl sites for hydroxylation is 3. The van der Waals surface area contributed by atoms with Gasteiger partial charge >= 0.3 is 0 Å². The van der Waals surface area contributed by atoms with Crippen molar-refractivity contribution in [2.24, 2.45) is 0 Å². The van der Waals surface area contributed by atoms with Crippen molar-refractivity contribution in [3.8, 4) is 5.69 Å². The predicted molar refractivity (Wildman–Crippen MR) is 116 cm³/mol. The molecule has 0 aliphatic carbocycles. The molecular weight excluding hydrogens is 419 g/mol. The second kappa shape index (κ2) is 8.99. The Morgan fingerprint density at radius 2 is 1.87 bits per heavy atom. The first kappa shape index (κ1) is 22.6. The number of carbonyl (C=O) groups excluding carboxylic acids is 1. The van der Waals surface area contributed by atoms with Crippen molar-refractivity contribution in [2.75, 3.05) is 13.6 Å². The molecule has 1 aromatic heterocycles. The number of sulfonamides is 1. The lowest BCUT2D eigenvalue weighted by Crippen LogP contribution is -2.38. The number of imidazole rings is 1. The number of hydrogen-bond donors (Lipinski definition) is 1. The predicted octanol–water partition coefficient (Wildman–Crippen LogP) is 2.87. The van der Waals surface area contributed by atoms with Crippen molar-refractivity contribution in [1.82, 2.24) is 19.2 Å². The van der Waals surface area contributed by atoms with Crippen molar-refractivity contribution in [3.63, 3.8) is 0 Å². The summed E-state index contributed by atoms with van der Waals surface area (Å²) < 4.78 is 42.5. The highest BCUT2D eigenvalue weighted by Gasteiger charge is 2.23. The van der Waals surface area contributed by atoms with E-state index in [4.69, 9.17) is 0 Å². The molecule has 164 valence electrons. The van der Waals surface area contributed by atoms with Crippen LogP contribution in [-0.2, 0) is 21.4 Å². The average molecular weight is 445 g/mol. The van der Waals surface area contributed by atoms with Crippen LogP contribution in [0.25, 0.3) is 5.69 Å². The number of nitrogens with zero attached hydrogens (tertiary/aromatic N) is 3. The van der Waals surface area contributed by atoms with Crippen molar-refractivity contribution >= 4 is 15.9 Å². The fourth-order valence-corrected chi connectivity index (χ4v) is 4.30. The lowest BCUT2D eigenvalue weighted by Gasteiger charge is -2.17. The molecule has 7 nitrogen and oxygen atoms in total. The first-order valence-corrected chi connectivity index (χ1v) is 11.1. The van der Waals surface area contributed by atoms with Gasteiger partial charge in [0.15, 0.2) is 0 Å². The Kier molecular flexibility index (Phi) is 6.56. The van der Waals surface area contributed by atoms with E-state index < -0.39 is 21.7 Å². The number of likely N-dealkylation sites (N-methyl/N-ethyl adjacent to an activating group) is 1. The van der Waals surface area contributed by atoms with Gasteiger partial charge in [-0.15, -0.1) is 0 Å². The number of hydrogen-bond acceptors (Lipinski definition) is 4. The Balaban J connectivity index is 1.62. The molecule has 9 heteroatoms. The highest BCUT2D eigenvalue weighted by atomic mass is 32.2. The standard InChI is InChI=1S/C22H25FN4O3S/c1-15-5-7-19(11-16(15)2)31(29,30)26(4)14-22(28)25-13-18-6-8-21(20(23)12-18)27-10-9-24-17(27)3/h5-12H,13-14H2,1-4H3,(H,25,28). The normalized spacial score (nSPS) is 11.7. The summed E-state index contributed by atoms with van der Waals surface area (Å²) in [4.78, 5) is 16.5. The Bertz CT molecular complexity index is 1220. The zero-order valence-corrected chi connectivity index (χ0v) is 18.7. The quantitative estimate of drug-likeness (QED) is 0.607. The van der Waals surface area contributed by atoms with Crippen LogP contribution in [0, 0.1) is 26.6 Å². The van der Waals surface area contributed by atoms with Gasteiger partial charge in [-0.1, -0.05) is 12.1 Å². The Labute approximate surface area is 181 Å². The topological polar surface area (TPSA) is 84.3 Å². The van der Waals surface area contributed by atoms with Crippen LogP contribution < -0.4 is 5.32 Å². The van der Waals surface area contributed by atoms with Gasteiger partial charge in [0.05, 0.1) is 17.1 Å². The third kappa shape index (κ3) is 5.00. The number of carbonyl (C=O) groups is 1. The summed E-state index contributed by atoms with van der Waals surface area (Å²) in [6.45, 7) is 5.24. The maximum absolute atomic E-state index is 14.5. The van der Waals surface area contributed by atoms with Gasteiger partial charge in [-0.05, 0) is 61.7 Å². The summed E-state index contributed by atoms with van der Waals surface area (Å²) in [5.74, 6) is -0.264. The molecule has 1 N–H and O–H groups in total. The molecule has 0 saturated carbocycles. The first-order chi connectivity index (χ1) is 14.6. The monoisotopic (exact) mass is 444 g/mol. The summed E-state index contributed by atoms with van der Waals surface area (Å²) >= 11 is 0. The number of rotatable bonds is 7. The molecule has 0 aliphatic rings. The highest BCUT2D eigenvalue weighted by Crippen LogP contribution is 2.19. The van der Waals surface area contributed by atoms with Gasteiger partial charge in [-0.3, -0.25) is 4.79 Å². The van der Waals surface area contributed by atoms with Crippen LogP contribution in [0.2, 0.25) is 0 Å². The van der Waals surface area contributed by atoms with Crippen molar-refractivity contribution in [2.45, 2.75) is 32.2 Å². The van der Waals surface area contributed by atoms with Crippen LogP contribution in [-0.4, -0.2) is 41.8 Å². The van der Waals surface area contributed by atoms with E-state index in [9.17, 15) is 17.6 Å². The molecule has 0 fully saturated rings. The maximum atomic E-state index is 14.5. The molecule has 0 aliphatic heterocycles. The fraction of sp³-hybridized carbons (Fsp3) is 0.273. The maximum Gasteiger partial charge on any atom is 0.243 e. The minimum absolute atomic E-state index is 0.0798. The molecule has 0 unspecified atom stereocenters. The van der Waals surface area contributed by atoms with E-state index in [2.05, 4.69) is 10.3 Å². The molecular formula is C22H25FN4O3S. The molecule has 0 bridgehead atoms. The van der Waals surface area contributed by atoms with E-state index in [0.29, 0.717) is 17.1 Å². The van der Waals surface area contributed by atoms with Gasteiger partial charge in [0, 0.05) is 26.0 Å². The van der Waals surface area contributed by atoms with E-state index in [1.165, 1.54) is 19.2 Å². The molecule has 0 spiro atoms. The van der Waals surface area contributed by atoms with Crippen LogP contribution in [0.3, 0.4) is 0 Å². The van der Waals surface area contributed by atoms with E-state index in [-0.39, 0.29) is 18.0 Å². The number of nitrogens with one attached hydrogen (secondary N) is 1. The molecule has 3 rings (SSSR count). The van der Waals surface area contributed by atoms with Crippen LogP contribution in [0.1, 0.15) is 22.5 Å². The van der Waals surface area contributed by atoms with E-state index in [1.54, 1.807) is 48.1 Å². The molecule has 2 aromatic carbocycles. The third-order valence-electron chi connectivity index (χ3n) is 5.14. The smallest absolute Gasteiger partial charge is 0.243 e. The van der Waals surface area contributed by atoms with Gasteiger partial charge in [-0.2, -0.15) is 4.31 Å². The van der Waals surface area contributed by atoms with E-state index in [0.717, 1.165) is 15.4 Å². The molecule has 0 saturated heterocycles. The zero-order chi connectivity index (χ0) is 22.8. The molecule has 3 aromatic rings. The Morgan fingerprint density at radius 3 is 2.48 bits per heavy atom. The van der Waals surface area contributed by atoms with E-state index in [1.807, 2.05) is 13.8 Å². The lowest BCUT2D eigenvalue weighted by molar-refractivity contribution is -0.121. The number of benzene rings is 2. The molecule has 31 heavy (non-hydrogen) atoms. The number of halogens is 1. The SMILES string of the molecule is Cc1ccc(S(=O)(=O)N(C)CC(=O)NCc2ccc(-n3ccnc3C)c(F)c2)cc1C. The van der Waals surface area contributed by atoms with Gasteiger partial charge in [0.2, 0.25) is 15.9 Å². The van der Waals surface area contributed by atoms with Crippen molar-refractivity contribution < 1.29 is 17.6 Å². The summed E-state index contributed by atoms with van der Waals surface area (Å²) in [6, 6.07) is 9.50. The highest BCUT2D eigenvalue weighted by molar-refractivity contribution is 7.89. The Hall–Kier alpha value is -3.04. The summed E-state index contributed by atoms with van der Waals surface area (Å²) in [5.41, 5.74) is 2.77. The average Bonchev–Trinajstić information content (AvgIpc) is 3.14. The summed E-state index contributed by atoms with van der Waals surface area (Å²) in [6.07, 6.45) is 3.26. The third-order valence-corrected chi connectivity index (χ3v) is 6.94. The van der Waals surface area contributed by atoms with Gasteiger partial charge < -0.3 is 9.88 Å². The lowest BCUT2D eigenvalue weighted by atomic mass is 10.1. The van der Waals surface area contributed by atoms with Crippen molar-refractivity contribution in [3.05, 3.63) is 77.1 Å². The molecule has 0 radical (unpaired) electrons. The van der Waals surface area contributed by atoms with Gasteiger partial charge in [0.25, 0.3) is 0 Å². The van der Waals surface area contributed by atoms with Crippen LogP contribution in [0.5, 0.6) is 0 Å². The minimum atomic E-state index is -3.79. The minimum Gasteiger partial charge on any atom is -0.351 e.